The van der Waals surface area contributed by atoms with Gasteiger partial charge in [-0.1, -0.05) is 66.7 Å². The van der Waals surface area contributed by atoms with Gasteiger partial charge in [-0.15, -0.1) is 0 Å². The molecule has 0 amide bonds. The van der Waals surface area contributed by atoms with E-state index in [1.165, 1.54) is 11.1 Å². The highest BCUT2D eigenvalue weighted by Crippen LogP contribution is 1.99. The zero-order valence-electron chi connectivity index (χ0n) is 11.0. The van der Waals surface area contributed by atoms with Crippen molar-refractivity contribution in [2.45, 2.75) is 6.42 Å². The predicted molar refractivity (Wildman–Crippen MR) is 77.3 cm³/mol. The van der Waals surface area contributed by atoms with Crippen LogP contribution in [0.1, 0.15) is 11.1 Å². The zero-order valence-corrected chi connectivity index (χ0v) is 11.8. The van der Waals surface area contributed by atoms with E-state index in [9.17, 15) is 0 Å². The maximum atomic E-state index is 2.34. The van der Waals surface area contributed by atoms with Crippen LogP contribution in [0.25, 0.3) is 6.08 Å². The fourth-order valence-corrected chi connectivity index (χ4v) is 1.90. The van der Waals surface area contributed by atoms with Crippen molar-refractivity contribution in [3.8, 4) is 0 Å². The van der Waals surface area contributed by atoms with Crippen molar-refractivity contribution < 1.29 is 17.7 Å². The van der Waals surface area contributed by atoms with Gasteiger partial charge in [0.2, 0.25) is 0 Å². The van der Waals surface area contributed by atoms with Crippen LogP contribution in [0.2, 0.25) is 0 Å². The largest absolute Gasteiger partial charge is 1.00 e. The molecule has 0 aliphatic rings. The van der Waals surface area contributed by atoms with Crippen LogP contribution in [0.5, 0.6) is 0 Å². The van der Waals surface area contributed by atoms with Gasteiger partial charge in [-0.3, -0.25) is 0 Å². The van der Waals surface area contributed by atoms with Gasteiger partial charge >= 0.3 is 0 Å². The Morgan fingerprint density at radius 2 is 1.47 bits per heavy atom. The van der Waals surface area contributed by atoms with Crippen LogP contribution in [0.3, 0.4) is 0 Å². The van der Waals surface area contributed by atoms with Gasteiger partial charge in [0.15, 0.2) is 0 Å². The molecule has 2 aromatic rings. The Balaban J connectivity index is 0.00000180. The second-order valence-electron chi connectivity index (χ2n) is 4.36. The molecule has 0 fully saturated rings. The number of benzene rings is 2. The van der Waals surface area contributed by atoms with E-state index in [4.69, 9.17) is 0 Å². The molecule has 2 heteroatoms. The number of quaternary nitrogens is 1. The van der Waals surface area contributed by atoms with Crippen molar-refractivity contribution in [3.63, 3.8) is 0 Å². The van der Waals surface area contributed by atoms with Gasteiger partial charge in [-0.2, -0.15) is 0 Å². The Bertz CT molecular complexity index is 465. The summed E-state index contributed by atoms with van der Waals surface area (Å²) >= 11 is 0. The topological polar surface area (TPSA) is 16.6 Å². The average Bonchev–Trinajstić information content (AvgIpc) is 2.45. The van der Waals surface area contributed by atoms with Crippen LogP contribution in [0.15, 0.2) is 66.7 Å². The van der Waals surface area contributed by atoms with Crippen LogP contribution >= 0.6 is 0 Å². The molecule has 0 aliphatic carbocycles. The number of hydrogen-bond donors (Lipinski definition) is 1. The Morgan fingerprint density at radius 1 is 0.842 bits per heavy atom. The van der Waals surface area contributed by atoms with Gasteiger partial charge in [0.25, 0.3) is 0 Å². The molecule has 0 radical (unpaired) electrons. The van der Waals surface area contributed by atoms with Gasteiger partial charge < -0.3 is 17.7 Å². The maximum Gasteiger partial charge on any atom is 0.0945 e. The number of hydrogen-bond acceptors (Lipinski definition) is 0. The Hall–Kier alpha value is -1.57. The third-order valence-electron chi connectivity index (χ3n) is 2.89. The molecule has 0 spiro atoms. The molecule has 0 atom stereocenters. The first-order valence-electron chi connectivity index (χ1n) is 6.52. The summed E-state index contributed by atoms with van der Waals surface area (Å²) in [4.78, 5) is 0. The molecular formula is C17H20ClN. The minimum absolute atomic E-state index is 0. The second-order valence-corrected chi connectivity index (χ2v) is 4.36. The molecule has 0 bridgehead atoms. The molecule has 2 N–H and O–H groups in total. The first kappa shape index (κ1) is 15.5. The molecule has 0 heterocycles. The second kappa shape index (κ2) is 9.37. The molecular weight excluding hydrogens is 254 g/mol. The summed E-state index contributed by atoms with van der Waals surface area (Å²) in [7, 11) is 0. The van der Waals surface area contributed by atoms with Crippen LogP contribution < -0.4 is 17.7 Å². The summed E-state index contributed by atoms with van der Waals surface area (Å²) < 4.78 is 0. The van der Waals surface area contributed by atoms with Crippen LogP contribution in [0.4, 0.5) is 0 Å². The average molecular weight is 274 g/mol. The fraction of sp³-hybridized carbons (Fsp3) is 0.176. The maximum absolute atomic E-state index is 2.34. The lowest BCUT2D eigenvalue weighted by atomic mass is 10.1. The van der Waals surface area contributed by atoms with Crippen molar-refractivity contribution in [2.24, 2.45) is 0 Å². The standard InChI is InChI=1S/C17H19N.ClH/c1-3-8-16(9-4-1)12-7-14-18-15-13-17-10-5-2-6-11-17;/h1-12,18H,13-15H2;1H. The molecule has 2 rings (SSSR count). The molecule has 0 aliphatic heterocycles. The molecule has 2 aromatic carbocycles. The monoisotopic (exact) mass is 273 g/mol. The quantitative estimate of drug-likeness (QED) is 0.684. The van der Waals surface area contributed by atoms with E-state index in [1.54, 1.807) is 0 Å². The molecule has 0 aromatic heterocycles. The zero-order chi connectivity index (χ0) is 12.5. The van der Waals surface area contributed by atoms with Gasteiger partial charge in [-0.25, -0.2) is 0 Å². The van der Waals surface area contributed by atoms with Gasteiger partial charge in [-0.05, 0) is 17.2 Å². The highest BCUT2D eigenvalue weighted by atomic mass is 35.5. The summed E-state index contributed by atoms with van der Waals surface area (Å²) in [5.74, 6) is 0. The lowest BCUT2D eigenvalue weighted by Gasteiger charge is -1.99. The third kappa shape index (κ3) is 6.23. The van der Waals surface area contributed by atoms with Crippen molar-refractivity contribution in [2.75, 3.05) is 13.1 Å². The van der Waals surface area contributed by atoms with Crippen molar-refractivity contribution in [1.29, 1.82) is 0 Å². The molecule has 0 unspecified atom stereocenters. The Morgan fingerprint density at radius 3 is 2.16 bits per heavy atom. The van der Waals surface area contributed by atoms with E-state index in [1.807, 2.05) is 6.07 Å². The Labute approximate surface area is 121 Å². The van der Waals surface area contributed by atoms with Crippen molar-refractivity contribution in [3.05, 3.63) is 77.9 Å². The third-order valence-corrected chi connectivity index (χ3v) is 2.89. The summed E-state index contributed by atoms with van der Waals surface area (Å²) in [6, 6.07) is 21.1. The first-order chi connectivity index (χ1) is 8.95. The minimum atomic E-state index is 0. The lowest BCUT2D eigenvalue weighted by molar-refractivity contribution is -0.645. The normalized spacial score (nSPS) is 10.3. The highest BCUT2D eigenvalue weighted by Gasteiger charge is 1.92. The van der Waals surface area contributed by atoms with Crippen LogP contribution in [0, 0.1) is 0 Å². The molecule has 0 saturated carbocycles. The smallest absolute Gasteiger partial charge is 0.0945 e. The SMILES string of the molecule is C(=Cc1ccccc1)C[NH2+]CCc1ccccc1.[Cl-]. The van der Waals surface area contributed by atoms with Crippen LogP contribution in [-0.2, 0) is 6.42 Å². The van der Waals surface area contributed by atoms with Crippen molar-refractivity contribution in [1.82, 2.24) is 0 Å². The lowest BCUT2D eigenvalue weighted by Crippen LogP contribution is -3.00. The minimum Gasteiger partial charge on any atom is -1.00 e. The van der Waals surface area contributed by atoms with E-state index in [2.05, 4.69) is 72.1 Å². The van der Waals surface area contributed by atoms with Gasteiger partial charge in [0.05, 0.1) is 13.1 Å². The van der Waals surface area contributed by atoms with Crippen LogP contribution in [-0.4, -0.2) is 13.1 Å². The highest BCUT2D eigenvalue weighted by molar-refractivity contribution is 5.48. The fourth-order valence-electron chi connectivity index (χ4n) is 1.90. The van der Waals surface area contributed by atoms with Gasteiger partial charge in [0, 0.05) is 6.42 Å². The molecule has 0 saturated heterocycles. The van der Waals surface area contributed by atoms with E-state index < -0.39 is 0 Å². The van der Waals surface area contributed by atoms with E-state index in [-0.39, 0.29) is 12.4 Å². The summed E-state index contributed by atoms with van der Waals surface area (Å²) in [6.07, 6.45) is 5.54. The number of halogens is 1. The number of nitrogens with two attached hydrogens (primary N) is 1. The Kier molecular flexibility index (Phi) is 7.64. The van der Waals surface area contributed by atoms with E-state index >= 15 is 0 Å². The van der Waals surface area contributed by atoms with Gasteiger partial charge in [0.1, 0.15) is 0 Å². The molecule has 19 heavy (non-hydrogen) atoms. The summed E-state index contributed by atoms with van der Waals surface area (Å²) in [6.45, 7) is 2.19. The number of rotatable bonds is 6. The molecule has 1 nitrogen and oxygen atoms in total. The van der Waals surface area contributed by atoms with E-state index in [0.717, 1.165) is 19.5 Å². The predicted octanol–water partition coefficient (Wildman–Crippen LogP) is -0.490. The summed E-state index contributed by atoms with van der Waals surface area (Å²) in [5.41, 5.74) is 2.69. The van der Waals surface area contributed by atoms with E-state index in [0.29, 0.717) is 0 Å². The molecule has 100 valence electrons. The van der Waals surface area contributed by atoms with Crippen molar-refractivity contribution >= 4 is 6.08 Å². The first-order valence-corrected chi connectivity index (χ1v) is 6.52. The summed E-state index contributed by atoms with van der Waals surface area (Å²) in [5, 5.41) is 2.34.